The fourth-order valence-electron chi connectivity index (χ4n) is 3.84. The zero-order valence-corrected chi connectivity index (χ0v) is 14.4. The minimum Gasteiger partial charge on any atom is -0.372 e. The lowest BCUT2D eigenvalue weighted by molar-refractivity contribution is -0.133. The number of carbonyl (C=O) groups excluding carboxylic acids is 1. The maximum absolute atomic E-state index is 11.6. The maximum atomic E-state index is 11.6. The molecule has 0 spiro atoms. The van der Waals surface area contributed by atoms with Crippen molar-refractivity contribution in [2.24, 2.45) is 0 Å². The second-order valence-electron chi connectivity index (χ2n) is 7.06. The van der Waals surface area contributed by atoms with E-state index >= 15 is 0 Å². The molecule has 0 N–H and O–H groups in total. The molecule has 3 rings (SSSR count). The third-order valence-electron chi connectivity index (χ3n) is 5.23. The Labute approximate surface area is 139 Å². The molecule has 0 radical (unpaired) electrons. The van der Waals surface area contributed by atoms with Gasteiger partial charge in [0.1, 0.15) is 6.61 Å². The van der Waals surface area contributed by atoms with E-state index in [1.807, 2.05) is 0 Å². The topological polar surface area (TPSA) is 37.7 Å². The van der Waals surface area contributed by atoms with Gasteiger partial charge in [0.2, 0.25) is 5.91 Å². The van der Waals surface area contributed by atoms with Crippen molar-refractivity contribution < 1.29 is 9.53 Å². The summed E-state index contributed by atoms with van der Waals surface area (Å²) < 4.78 is 7.99. The van der Waals surface area contributed by atoms with Crippen LogP contribution in [0.2, 0.25) is 0 Å². The summed E-state index contributed by atoms with van der Waals surface area (Å²) in [7, 11) is 3.52. The predicted octanol–water partition coefficient (Wildman–Crippen LogP) is 2.28. The lowest BCUT2D eigenvalue weighted by Crippen LogP contribution is -2.42. The van der Waals surface area contributed by atoms with Crippen LogP contribution in [0.3, 0.4) is 0 Å². The quantitative estimate of drug-likeness (QED) is 0.755. The number of ether oxygens (including phenoxy) is 1. The molecule has 5 heteroatoms. The van der Waals surface area contributed by atoms with Crippen LogP contribution in [0.15, 0.2) is 18.3 Å². The van der Waals surface area contributed by atoms with Crippen LogP contribution in [0.1, 0.15) is 43.8 Å². The van der Waals surface area contributed by atoms with Crippen molar-refractivity contribution >= 4 is 5.91 Å². The molecule has 0 saturated heterocycles. The Morgan fingerprint density at radius 3 is 2.87 bits per heavy atom. The third-order valence-corrected chi connectivity index (χ3v) is 5.23. The van der Waals surface area contributed by atoms with Crippen LogP contribution in [0.4, 0.5) is 0 Å². The van der Waals surface area contributed by atoms with E-state index in [-0.39, 0.29) is 12.5 Å². The van der Waals surface area contributed by atoms with Gasteiger partial charge in [-0.2, -0.15) is 0 Å². The van der Waals surface area contributed by atoms with Crippen molar-refractivity contribution in [3.05, 3.63) is 24.0 Å². The van der Waals surface area contributed by atoms with E-state index in [9.17, 15) is 4.79 Å². The van der Waals surface area contributed by atoms with Crippen molar-refractivity contribution in [2.75, 3.05) is 33.9 Å². The number of hydrogen-bond donors (Lipinski definition) is 0. The summed E-state index contributed by atoms with van der Waals surface area (Å²) in [5, 5.41) is 0. The van der Waals surface area contributed by atoms with E-state index in [0.29, 0.717) is 12.6 Å². The molecule has 1 fully saturated rings. The molecule has 1 saturated carbocycles. The minimum atomic E-state index is 0.0304. The van der Waals surface area contributed by atoms with Crippen molar-refractivity contribution in [3.8, 4) is 0 Å². The monoisotopic (exact) mass is 319 g/mol. The first-order chi connectivity index (χ1) is 11.1. The number of carbonyl (C=O) groups is 1. The highest BCUT2D eigenvalue weighted by molar-refractivity contribution is 5.76. The summed E-state index contributed by atoms with van der Waals surface area (Å²) in [6, 6.07) is 5.61. The molecule has 0 aromatic carbocycles. The number of aromatic nitrogens is 1. The fraction of sp³-hybridized carbons (Fsp3) is 0.722. The minimum absolute atomic E-state index is 0.0304. The second kappa shape index (κ2) is 7.49. The SMILES string of the molecule is CN(C)C(=O)COCCC1CN(C2CCCC2)Cc2cccn21. The number of fused-ring (bicyclic) bond motifs is 1. The van der Waals surface area contributed by atoms with Crippen LogP contribution in [0.25, 0.3) is 0 Å². The second-order valence-corrected chi connectivity index (χ2v) is 7.06. The molecule has 2 aliphatic rings. The van der Waals surface area contributed by atoms with Gasteiger partial charge in [-0.15, -0.1) is 0 Å². The average molecular weight is 319 g/mol. The van der Waals surface area contributed by atoms with E-state index in [1.54, 1.807) is 19.0 Å². The van der Waals surface area contributed by atoms with Gasteiger partial charge in [0.05, 0.1) is 0 Å². The van der Waals surface area contributed by atoms with Crippen LogP contribution in [-0.4, -0.2) is 60.2 Å². The highest BCUT2D eigenvalue weighted by Gasteiger charge is 2.30. The molecule has 128 valence electrons. The molecular formula is C18H29N3O2. The van der Waals surface area contributed by atoms with E-state index < -0.39 is 0 Å². The summed E-state index contributed by atoms with van der Waals surface area (Å²) in [5.74, 6) is 0.0304. The Morgan fingerprint density at radius 2 is 2.13 bits per heavy atom. The van der Waals surface area contributed by atoms with Crippen LogP contribution in [0.5, 0.6) is 0 Å². The van der Waals surface area contributed by atoms with Gasteiger partial charge < -0.3 is 14.2 Å². The molecule has 1 aromatic rings. The Hall–Kier alpha value is -1.33. The Balaban J connectivity index is 1.54. The number of amides is 1. The van der Waals surface area contributed by atoms with Crippen LogP contribution < -0.4 is 0 Å². The third kappa shape index (κ3) is 3.96. The Morgan fingerprint density at radius 1 is 1.35 bits per heavy atom. The van der Waals surface area contributed by atoms with Crippen molar-refractivity contribution in [2.45, 2.75) is 50.7 Å². The first-order valence-electron chi connectivity index (χ1n) is 8.83. The normalized spacial score (nSPS) is 22.3. The van der Waals surface area contributed by atoms with Gasteiger partial charge >= 0.3 is 0 Å². The first kappa shape index (κ1) is 16.5. The van der Waals surface area contributed by atoms with Gasteiger partial charge in [0.15, 0.2) is 0 Å². The summed E-state index contributed by atoms with van der Waals surface area (Å²) in [5.41, 5.74) is 1.41. The lowest BCUT2D eigenvalue weighted by Gasteiger charge is -2.38. The Bertz CT molecular complexity index is 520. The van der Waals surface area contributed by atoms with Crippen LogP contribution in [0, 0.1) is 0 Å². The lowest BCUT2D eigenvalue weighted by atomic mass is 10.1. The Kier molecular flexibility index (Phi) is 5.38. The molecular weight excluding hydrogens is 290 g/mol. The molecule has 1 unspecified atom stereocenters. The van der Waals surface area contributed by atoms with Gasteiger partial charge in [0.25, 0.3) is 0 Å². The van der Waals surface area contributed by atoms with Crippen molar-refractivity contribution in [1.82, 2.24) is 14.4 Å². The van der Waals surface area contributed by atoms with Gasteiger partial charge in [-0.1, -0.05) is 12.8 Å². The van der Waals surface area contributed by atoms with E-state index in [0.717, 1.165) is 25.6 Å². The number of rotatable bonds is 6. The van der Waals surface area contributed by atoms with E-state index in [1.165, 1.54) is 31.4 Å². The zero-order valence-electron chi connectivity index (χ0n) is 14.4. The van der Waals surface area contributed by atoms with Gasteiger partial charge in [-0.3, -0.25) is 9.69 Å². The summed E-state index contributed by atoms with van der Waals surface area (Å²) in [6.07, 6.45) is 8.61. The number of hydrogen-bond acceptors (Lipinski definition) is 3. The summed E-state index contributed by atoms with van der Waals surface area (Å²) >= 11 is 0. The van der Waals surface area contributed by atoms with Crippen molar-refractivity contribution in [3.63, 3.8) is 0 Å². The predicted molar refractivity (Wildman–Crippen MR) is 90.3 cm³/mol. The van der Waals surface area contributed by atoms with E-state index in [2.05, 4.69) is 27.8 Å². The van der Waals surface area contributed by atoms with Crippen LogP contribution in [-0.2, 0) is 16.1 Å². The smallest absolute Gasteiger partial charge is 0.248 e. The molecule has 1 aliphatic carbocycles. The fourth-order valence-corrected chi connectivity index (χ4v) is 3.84. The molecule has 1 aromatic heterocycles. The van der Waals surface area contributed by atoms with Gasteiger partial charge in [-0.05, 0) is 31.4 Å². The molecule has 0 bridgehead atoms. The van der Waals surface area contributed by atoms with Gasteiger partial charge in [0, 0.05) is 57.8 Å². The summed E-state index contributed by atoms with van der Waals surface area (Å²) in [4.78, 5) is 15.8. The molecule has 1 amide bonds. The highest BCUT2D eigenvalue weighted by atomic mass is 16.5. The molecule has 5 nitrogen and oxygen atoms in total. The van der Waals surface area contributed by atoms with Crippen LogP contribution >= 0.6 is 0 Å². The summed E-state index contributed by atoms with van der Waals surface area (Å²) in [6.45, 7) is 3.01. The molecule has 1 aliphatic heterocycles. The molecule has 23 heavy (non-hydrogen) atoms. The molecule has 1 atom stereocenters. The van der Waals surface area contributed by atoms with Gasteiger partial charge in [-0.25, -0.2) is 0 Å². The van der Waals surface area contributed by atoms with Crippen molar-refractivity contribution in [1.29, 1.82) is 0 Å². The highest BCUT2D eigenvalue weighted by Crippen LogP contribution is 2.31. The maximum Gasteiger partial charge on any atom is 0.248 e. The number of nitrogens with zero attached hydrogens (tertiary/aromatic N) is 3. The molecule has 2 heterocycles. The standard InChI is InChI=1S/C18H29N3O2/c1-19(2)18(22)14-23-11-9-17-13-20(15-6-3-4-7-15)12-16-8-5-10-21(16)17/h5,8,10,15,17H,3-4,6-7,9,11-14H2,1-2H3. The number of likely N-dealkylation sites (N-methyl/N-ethyl adjacent to an activating group) is 1. The average Bonchev–Trinajstić information content (AvgIpc) is 3.21. The zero-order chi connectivity index (χ0) is 16.2. The largest absolute Gasteiger partial charge is 0.372 e. The first-order valence-corrected chi connectivity index (χ1v) is 8.83. The van der Waals surface area contributed by atoms with E-state index in [4.69, 9.17) is 4.74 Å².